The standard InChI is InChI=1S/C13H19N3O2S/c1-4-18-13(17)11-10(15)9(7-14)12(19-11)16-6-5-8(2)3/h8,16H,4-6,15H2,1-3H3. The van der Waals surface area contributed by atoms with Crippen molar-refractivity contribution in [3.05, 3.63) is 10.4 Å². The zero-order chi connectivity index (χ0) is 14.4. The van der Waals surface area contributed by atoms with Gasteiger partial charge in [-0.3, -0.25) is 0 Å². The zero-order valence-electron chi connectivity index (χ0n) is 11.4. The Morgan fingerprint density at radius 1 is 1.58 bits per heavy atom. The Morgan fingerprint density at radius 3 is 2.79 bits per heavy atom. The Hall–Kier alpha value is -1.74. The molecule has 0 aliphatic heterocycles. The molecule has 1 aromatic heterocycles. The van der Waals surface area contributed by atoms with Crippen LogP contribution in [0.5, 0.6) is 0 Å². The van der Waals surface area contributed by atoms with Crippen LogP contribution >= 0.6 is 11.3 Å². The molecule has 0 unspecified atom stereocenters. The third-order valence-electron chi connectivity index (χ3n) is 2.53. The van der Waals surface area contributed by atoms with Crippen LogP contribution in [-0.4, -0.2) is 19.1 Å². The molecular formula is C13H19N3O2S. The van der Waals surface area contributed by atoms with E-state index in [4.69, 9.17) is 15.7 Å². The number of nitrogens with two attached hydrogens (primary N) is 1. The van der Waals surface area contributed by atoms with Crippen molar-refractivity contribution in [2.75, 3.05) is 24.2 Å². The summed E-state index contributed by atoms with van der Waals surface area (Å²) >= 11 is 1.18. The fourth-order valence-electron chi connectivity index (χ4n) is 1.50. The molecule has 0 aliphatic rings. The predicted octanol–water partition coefficient (Wildman–Crippen LogP) is 2.84. The maximum Gasteiger partial charge on any atom is 0.350 e. The molecule has 1 aromatic rings. The number of esters is 1. The number of carbonyl (C=O) groups is 1. The summed E-state index contributed by atoms with van der Waals surface area (Å²) in [7, 11) is 0. The van der Waals surface area contributed by atoms with E-state index in [9.17, 15) is 4.79 Å². The van der Waals surface area contributed by atoms with Crippen LogP contribution in [0.1, 0.15) is 42.4 Å². The normalized spacial score (nSPS) is 10.3. The summed E-state index contributed by atoms with van der Waals surface area (Å²) in [5, 5.41) is 12.9. The number of nitrogens with one attached hydrogen (secondary N) is 1. The van der Waals surface area contributed by atoms with Gasteiger partial charge < -0.3 is 15.8 Å². The van der Waals surface area contributed by atoms with Crippen LogP contribution in [0.25, 0.3) is 0 Å². The molecule has 1 rings (SSSR count). The average molecular weight is 281 g/mol. The van der Waals surface area contributed by atoms with Crippen molar-refractivity contribution < 1.29 is 9.53 Å². The summed E-state index contributed by atoms with van der Waals surface area (Å²) in [6.45, 7) is 7.01. The number of carbonyl (C=O) groups excluding carboxylic acids is 1. The summed E-state index contributed by atoms with van der Waals surface area (Å²) in [6, 6.07) is 2.03. The van der Waals surface area contributed by atoms with Crippen molar-refractivity contribution in [1.29, 1.82) is 5.26 Å². The van der Waals surface area contributed by atoms with Gasteiger partial charge in [-0.1, -0.05) is 13.8 Å². The van der Waals surface area contributed by atoms with E-state index in [2.05, 4.69) is 19.2 Å². The van der Waals surface area contributed by atoms with E-state index in [0.717, 1.165) is 13.0 Å². The predicted molar refractivity (Wildman–Crippen MR) is 77.3 cm³/mol. The van der Waals surface area contributed by atoms with E-state index < -0.39 is 5.97 Å². The molecule has 0 aliphatic carbocycles. The first-order valence-electron chi connectivity index (χ1n) is 6.24. The van der Waals surface area contributed by atoms with Crippen LogP contribution in [0.3, 0.4) is 0 Å². The first-order valence-corrected chi connectivity index (χ1v) is 7.06. The SMILES string of the molecule is CCOC(=O)c1sc(NCCC(C)C)c(C#N)c1N. The van der Waals surface area contributed by atoms with Gasteiger partial charge in [0, 0.05) is 6.54 Å². The Labute approximate surface area is 117 Å². The van der Waals surface area contributed by atoms with E-state index >= 15 is 0 Å². The van der Waals surface area contributed by atoms with Crippen molar-refractivity contribution >= 4 is 28.0 Å². The lowest BCUT2D eigenvalue weighted by Gasteiger charge is -2.06. The quantitative estimate of drug-likeness (QED) is 0.783. The Morgan fingerprint density at radius 2 is 2.26 bits per heavy atom. The maximum atomic E-state index is 11.7. The summed E-state index contributed by atoms with van der Waals surface area (Å²) in [6.07, 6.45) is 0.984. The summed E-state index contributed by atoms with van der Waals surface area (Å²) in [5.74, 6) is 0.0956. The lowest BCUT2D eigenvalue weighted by Crippen LogP contribution is -2.05. The van der Waals surface area contributed by atoms with Gasteiger partial charge in [-0.05, 0) is 19.3 Å². The molecule has 1 heterocycles. The zero-order valence-corrected chi connectivity index (χ0v) is 12.3. The molecule has 3 N–H and O–H groups in total. The Balaban J connectivity index is 2.90. The number of thiophene rings is 1. The lowest BCUT2D eigenvalue weighted by molar-refractivity contribution is 0.0533. The van der Waals surface area contributed by atoms with Crippen molar-refractivity contribution in [3.63, 3.8) is 0 Å². The highest BCUT2D eigenvalue weighted by atomic mass is 32.1. The Kier molecular flexibility index (Phi) is 5.64. The molecule has 6 heteroatoms. The van der Waals surface area contributed by atoms with Crippen LogP contribution in [0, 0.1) is 17.2 Å². The minimum absolute atomic E-state index is 0.206. The Bertz CT molecular complexity index is 489. The molecule has 0 bridgehead atoms. The van der Waals surface area contributed by atoms with E-state index in [1.54, 1.807) is 6.92 Å². The second kappa shape index (κ2) is 7.00. The van der Waals surface area contributed by atoms with Gasteiger partial charge >= 0.3 is 5.97 Å². The summed E-state index contributed by atoms with van der Waals surface area (Å²) in [5.41, 5.74) is 6.36. The third-order valence-corrected chi connectivity index (χ3v) is 3.67. The van der Waals surface area contributed by atoms with Gasteiger partial charge in [0.1, 0.15) is 21.5 Å². The van der Waals surface area contributed by atoms with Gasteiger partial charge in [0.15, 0.2) is 0 Å². The molecule has 5 nitrogen and oxygen atoms in total. The number of anilines is 2. The van der Waals surface area contributed by atoms with Crippen LogP contribution < -0.4 is 11.1 Å². The minimum Gasteiger partial charge on any atom is -0.462 e. The number of hydrogen-bond acceptors (Lipinski definition) is 6. The molecule has 104 valence electrons. The van der Waals surface area contributed by atoms with Crippen molar-refractivity contribution in [2.45, 2.75) is 27.2 Å². The monoisotopic (exact) mass is 281 g/mol. The van der Waals surface area contributed by atoms with Gasteiger partial charge in [0.05, 0.1) is 12.3 Å². The minimum atomic E-state index is -0.474. The summed E-state index contributed by atoms with van der Waals surface area (Å²) in [4.78, 5) is 12.0. The van der Waals surface area contributed by atoms with Gasteiger partial charge in [0.2, 0.25) is 0 Å². The summed E-state index contributed by atoms with van der Waals surface area (Å²) < 4.78 is 4.92. The number of nitrogens with zero attached hydrogens (tertiary/aromatic N) is 1. The number of nitrogen functional groups attached to an aromatic ring is 1. The van der Waals surface area contributed by atoms with Crippen molar-refractivity contribution in [3.8, 4) is 6.07 Å². The van der Waals surface area contributed by atoms with E-state index in [1.165, 1.54) is 11.3 Å². The van der Waals surface area contributed by atoms with E-state index in [1.807, 2.05) is 6.07 Å². The van der Waals surface area contributed by atoms with Crippen LogP contribution in [-0.2, 0) is 4.74 Å². The van der Waals surface area contributed by atoms with Gasteiger partial charge in [-0.25, -0.2) is 4.79 Å². The molecule has 0 saturated heterocycles. The second-order valence-corrected chi connectivity index (χ2v) is 5.51. The molecule has 19 heavy (non-hydrogen) atoms. The molecule has 0 amide bonds. The third kappa shape index (κ3) is 3.86. The molecule has 0 atom stereocenters. The number of rotatable bonds is 6. The molecule has 0 radical (unpaired) electrons. The lowest BCUT2D eigenvalue weighted by atomic mass is 10.1. The van der Waals surface area contributed by atoms with Gasteiger partial charge in [-0.15, -0.1) is 11.3 Å². The van der Waals surface area contributed by atoms with Crippen LogP contribution in [0.4, 0.5) is 10.7 Å². The topological polar surface area (TPSA) is 88.1 Å². The molecule has 0 fully saturated rings. The van der Waals surface area contributed by atoms with E-state index in [0.29, 0.717) is 21.4 Å². The largest absolute Gasteiger partial charge is 0.462 e. The first-order chi connectivity index (χ1) is 9.01. The fraction of sp³-hybridized carbons (Fsp3) is 0.538. The smallest absolute Gasteiger partial charge is 0.350 e. The van der Waals surface area contributed by atoms with Crippen LogP contribution in [0.15, 0.2) is 0 Å². The second-order valence-electron chi connectivity index (χ2n) is 4.49. The number of nitriles is 1. The molecule has 0 spiro atoms. The fourth-order valence-corrected chi connectivity index (χ4v) is 2.49. The van der Waals surface area contributed by atoms with Gasteiger partial charge in [-0.2, -0.15) is 5.26 Å². The number of hydrogen-bond donors (Lipinski definition) is 2. The number of ether oxygens (including phenoxy) is 1. The van der Waals surface area contributed by atoms with Crippen molar-refractivity contribution in [2.24, 2.45) is 5.92 Å². The molecular weight excluding hydrogens is 262 g/mol. The first kappa shape index (κ1) is 15.3. The van der Waals surface area contributed by atoms with Gasteiger partial charge in [0.25, 0.3) is 0 Å². The highest BCUT2D eigenvalue weighted by Gasteiger charge is 2.21. The molecule has 0 saturated carbocycles. The van der Waals surface area contributed by atoms with E-state index in [-0.39, 0.29) is 12.3 Å². The maximum absolute atomic E-state index is 11.7. The highest BCUT2D eigenvalue weighted by molar-refractivity contribution is 7.18. The molecule has 0 aromatic carbocycles. The van der Waals surface area contributed by atoms with Crippen LogP contribution in [0.2, 0.25) is 0 Å². The highest BCUT2D eigenvalue weighted by Crippen LogP contribution is 2.35. The average Bonchev–Trinajstić information content (AvgIpc) is 2.65. The van der Waals surface area contributed by atoms with Crippen molar-refractivity contribution in [1.82, 2.24) is 0 Å².